The van der Waals surface area contributed by atoms with Crippen molar-refractivity contribution in [3.05, 3.63) is 124 Å². The van der Waals surface area contributed by atoms with Gasteiger partial charge in [0.05, 0.1) is 70.2 Å². The van der Waals surface area contributed by atoms with Crippen molar-refractivity contribution in [2.45, 2.75) is 32.1 Å². The first-order valence-electron chi connectivity index (χ1n) is 21.4. The molecule has 2 heterocycles. The molecule has 2 aliphatic heterocycles. The Bertz CT molecular complexity index is 2420. The normalized spacial score (nSPS) is 14.0. The third-order valence-corrected chi connectivity index (χ3v) is 11.3. The Morgan fingerprint density at radius 1 is 0.766 bits per heavy atom. The Balaban J connectivity index is 1.08. The van der Waals surface area contributed by atoms with Gasteiger partial charge >= 0.3 is 0 Å². The first-order chi connectivity index (χ1) is 31.3. The number of nitrogens with zero attached hydrogens (tertiary/aromatic N) is 3. The number of aliphatic imine (C=N–C) groups is 1. The highest BCUT2D eigenvalue weighted by Gasteiger charge is 2.28. The average molecular weight is 872 g/mol. The SMILES string of the molecule is CNc1cc(OCc2cc(COc3cc(/N=C\C4Cc5ccccc5N4C)c(C=O)cc3OC)cc(NCCOCCOCCOC)c2)c(OC)cc1C(=O)N1CCc2ccccc21. The van der Waals surface area contributed by atoms with Gasteiger partial charge in [0.2, 0.25) is 0 Å². The van der Waals surface area contributed by atoms with Crippen LogP contribution in [0, 0.1) is 0 Å². The molecule has 64 heavy (non-hydrogen) atoms. The molecular weight excluding hydrogens is 815 g/mol. The zero-order valence-electron chi connectivity index (χ0n) is 37.2. The highest BCUT2D eigenvalue weighted by atomic mass is 16.5. The maximum atomic E-state index is 13.9. The Hall–Kier alpha value is -6.61. The van der Waals surface area contributed by atoms with Crippen molar-refractivity contribution >= 4 is 46.8 Å². The van der Waals surface area contributed by atoms with Crippen molar-refractivity contribution in [1.29, 1.82) is 0 Å². The van der Waals surface area contributed by atoms with Crippen LogP contribution in [0.3, 0.4) is 0 Å². The number of likely N-dealkylation sites (N-methyl/N-ethyl adjacent to an activating group) is 1. The van der Waals surface area contributed by atoms with E-state index in [0.717, 1.165) is 47.2 Å². The van der Waals surface area contributed by atoms with E-state index in [1.54, 1.807) is 52.6 Å². The summed E-state index contributed by atoms with van der Waals surface area (Å²) >= 11 is 0. The lowest BCUT2D eigenvalue weighted by molar-refractivity contribution is 0.0272. The van der Waals surface area contributed by atoms with E-state index in [-0.39, 0.29) is 25.2 Å². The molecule has 0 aromatic heterocycles. The molecule has 14 heteroatoms. The highest BCUT2D eigenvalue weighted by Crippen LogP contribution is 2.39. The van der Waals surface area contributed by atoms with Gasteiger partial charge in [-0.25, -0.2) is 0 Å². The second-order valence-corrected chi connectivity index (χ2v) is 15.4. The molecule has 0 radical (unpaired) electrons. The van der Waals surface area contributed by atoms with Gasteiger partial charge in [0, 0.05) is 75.3 Å². The Kier molecular flexibility index (Phi) is 15.7. The van der Waals surface area contributed by atoms with Crippen LogP contribution >= 0.6 is 0 Å². The third-order valence-electron chi connectivity index (χ3n) is 11.3. The highest BCUT2D eigenvalue weighted by molar-refractivity contribution is 6.11. The standard InChI is InChI=1S/C50H57N5O9/c1-51-43-29-49(47(60-5)27-41(43)50(57)55-16-14-36-10-6-9-13-45(36)55)64-33-35-22-34(23-39(24-35)52-15-17-61-20-21-62-19-18-58-3)32-63-48-28-42(38(31-56)26-46(48)59-4)53-30-40-25-37-11-7-8-12-44(37)54(40)2/h6-13,22-24,26-31,40,51-52H,14-21,25,32-33H2,1-5H3/b53-30-. The summed E-state index contributed by atoms with van der Waals surface area (Å²) in [6.07, 6.45) is 4.28. The summed E-state index contributed by atoms with van der Waals surface area (Å²) in [6, 6.07) is 29.3. The van der Waals surface area contributed by atoms with Gasteiger partial charge < -0.3 is 53.6 Å². The van der Waals surface area contributed by atoms with Gasteiger partial charge in [0.1, 0.15) is 13.2 Å². The van der Waals surface area contributed by atoms with Crippen molar-refractivity contribution in [3.8, 4) is 23.0 Å². The van der Waals surface area contributed by atoms with Crippen LogP contribution in [0.2, 0.25) is 0 Å². The molecule has 7 rings (SSSR count). The summed E-state index contributed by atoms with van der Waals surface area (Å²) in [4.78, 5) is 35.0. The molecule has 0 aliphatic carbocycles. The van der Waals surface area contributed by atoms with E-state index in [4.69, 9.17) is 38.2 Å². The van der Waals surface area contributed by atoms with Gasteiger partial charge in [0.15, 0.2) is 29.3 Å². The molecule has 2 N–H and O–H groups in total. The fraction of sp³-hybridized carbons (Fsp3) is 0.340. The van der Waals surface area contributed by atoms with Crippen LogP contribution in [0.25, 0.3) is 0 Å². The number of hydrogen-bond acceptors (Lipinski definition) is 13. The maximum Gasteiger partial charge on any atom is 0.260 e. The fourth-order valence-electron chi connectivity index (χ4n) is 7.93. The number of ether oxygens (including phenoxy) is 7. The lowest BCUT2D eigenvalue weighted by Gasteiger charge is -2.21. The molecule has 336 valence electrons. The number of hydrogen-bond donors (Lipinski definition) is 2. The first kappa shape index (κ1) is 45.4. The van der Waals surface area contributed by atoms with E-state index in [2.05, 4.69) is 33.7 Å². The summed E-state index contributed by atoms with van der Waals surface area (Å²) in [6.45, 7) is 3.96. The van der Waals surface area contributed by atoms with E-state index >= 15 is 0 Å². The molecular formula is C50H57N5O9. The average Bonchev–Trinajstić information content (AvgIpc) is 3.91. The summed E-state index contributed by atoms with van der Waals surface area (Å²) < 4.78 is 40.7. The number of aldehydes is 1. The van der Waals surface area contributed by atoms with Crippen LogP contribution in [0.1, 0.15) is 43.0 Å². The molecule has 1 unspecified atom stereocenters. The van der Waals surface area contributed by atoms with Gasteiger partial charge in [-0.2, -0.15) is 0 Å². The molecule has 0 fully saturated rings. The van der Waals surface area contributed by atoms with Gasteiger partial charge in [0.25, 0.3) is 5.91 Å². The fourth-order valence-corrected chi connectivity index (χ4v) is 7.93. The summed E-state index contributed by atoms with van der Waals surface area (Å²) in [5, 5.41) is 6.66. The van der Waals surface area contributed by atoms with E-state index in [1.807, 2.05) is 66.7 Å². The smallest absolute Gasteiger partial charge is 0.260 e. The molecule has 0 bridgehead atoms. The number of amides is 1. The largest absolute Gasteiger partial charge is 0.493 e. The lowest BCUT2D eigenvalue weighted by Crippen LogP contribution is -2.29. The van der Waals surface area contributed by atoms with E-state index in [1.165, 1.54) is 11.3 Å². The summed E-state index contributed by atoms with van der Waals surface area (Å²) in [7, 11) is 8.57. The maximum absolute atomic E-state index is 13.9. The summed E-state index contributed by atoms with van der Waals surface area (Å²) in [5.41, 5.74) is 9.02. The van der Waals surface area contributed by atoms with Crippen LogP contribution in [0.15, 0.2) is 96.0 Å². The molecule has 5 aromatic carbocycles. The minimum absolute atomic E-state index is 0.0391. The third kappa shape index (κ3) is 10.9. The molecule has 1 amide bonds. The number of carbonyl (C=O) groups excluding carboxylic acids is 2. The molecule has 0 saturated carbocycles. The van der Waals surface area contributed by atoms with Crippen molar-refractivity contribution in [3.63, 3.8) is 0 Å². The van der Waals surface area contributed by atoms with Gasteiger partial charge in [-0.3, -0.25) is 14.6 Å². The zero-order valence-corrected chi connectivity index (χ0v) is 37.2. The van der Waals surface area contributed by atoms with Crippen LogP contribution in [-0.2, 0) is 40.3 Å². The van der Waals surface area contributed by atoms with E-state index in [9.17, 15) is 9.59 Å². The number of para-hydroxylation sites is 2. The monoisotopic (exact) mass is 871 g/mol. The van der Waals surface area contributed by atoms with Crippen molar-refractivity contribution < 1.29 is 42.7 Å². The Labute approximate surface area is 375 Å². The first-order valence-corrected chi connectivity index (χ1v) is 21.4. The molecule has 0 spiro atoms. The predicted octanol–water partition coefficient (Wildman–Crippen LogP) is 7.77. The van der Waals surface area contributed by atoms with Gasteiger partial charge in [-0.1, -0.05) is 36.4 Å². The number of rotatable bonds is 23. The van der Waals surface area contributed by atoms with Gasteiger partial charge in [-0.15, -0.1) is 0 Å². The zero-order chi connectivity index (χ0) is 44.8. The molecule has 1 atom stereocenters. The summed E-state index contributed by atoms with van der Waals surface area (Å²) in [5.74, 6) is 1.65. The number of anilines is 4. The van der Waals surface area contributed by atoms with Crippen LogP contribution < -0.4 is 39.4 Å². The number of carbonyl (C=O) groups is 2. The molecule has 14 nitrogen and oxygen atoms in total. The van der Waals surface area contributed by atoms with Crippen molar-refractivity contribution in [1.82, 2.24) is 0 Å². The lowest BCUT2D eigenvalue weighted by atomic mass is 10.1. The molecule has 5 aromatic rings. The topological polar surface area (TPSA) is 142 Å². The Morgan fingerprint density at radius 3 is 2.11 bits per heavy atom. The minimum Gasteiger partial charge on any atom is -0.493 e. The molecule has 2 aliphatic rings. The minimum atomic E-state index is -0.117. The van der Waals surface area contributed by atoms with E-state index < -0.39 is 0 Å². The quantitative estimate of drug-likeness (QED) is 0.0376. The number of fused-ring (bicyclic) bond motifs is 2. The van der Waals surface area contributed by atoms with Crippen molar-refractivity contribution in [2.75, 3.05) is 102 Å². The predicted molar refractivity (Wildman–Crippen MR) is 250 cm³/mol. The van der Waals surface area contributed by atoms with Gasteiger partial charge in [-0.05, 0) is 77.6 Å². The number of methoxy groups -OCH3 is 3. The van der Waals surface area contributed by atoms with Crippen LogP contribution in [0.4, 0.5) is 28.4 Å². The Morgan fingerprint density at radius 2 is 1.42 bits per heavy atom. The second-order valence-electron chi connectivity index (χ2n) is 15.4. The molecule has 0 saturated heterocycles. The second kappa shape index (κ2) is 22.1. The van der Waals surface area contributed by atoms with Crippen molar-refractivity contribution in [2.24, 2.45) is 4.99 Å². The number of benzene rings is 5. The van der Waals surface area contributed by atoms with E-state index in [0.29, 0.717) is 91.6 Å². The van der Waals surface area contributed by atoms with Crippen LogP contribution in [0.5, 0.6) is 23.0 Å². The van der Waals surface area contributed by atoms with Crippen LogP contribution in [-0.4, -0.2) is 106 Å². The number of nitrogens with one attached hydrogen (secondary N) is 2.